The van der Waals surface area contributed by atoms with E-state index in [0.717, 1.165) is 0 Å². The summed E-state index contributed by atoms with van der Waals surface area (Å²) in [5.74, 6) is -2.27. The highest BCUT2D eigenvalue weighted by Gasteiger charge is 2.78. The van der Waals surface area contributed by atoms with Crippen LogP contribution in [0.15, 0.2) is 33.5 Å². The summed E-state index contributed by atoms with van der Waals surface area (Å²) in [5, 5.41) is 0.390. The molecule has 2 aromatic carbocycles. The number of esters is 4. The van der Waals surface area contributed by atoms with Crippen LogP contribution in [0.3, 0.4) is 0 Å². The SMILES string of the molecule is COc1cc2c(c3oc4c(C)cccc4c(=O)c13)[C@@H](OC(=O)C13CCC(C)(C(=O)O1)C3(C)C)[C@@H](OC(=O)C13CCC(C)(C(=O)O1)C3(C)C)C(C)(C)O2. The van der Waals surface area contributed by atoms with Crippen molar-refractivity contribution in [2.45, 2.75) is 117 Å². The Morgan fingerprint density at radius 3 is 1.81 bits per heavy atom. The lowest BCUT2D eigenvalue weighted by Crippen LogP contribution is -2.57. The molecule has 6 atom stereocenters. The maximum atomic E-state index is 14.7. The predicted octanol–water partition coefficient (Wildman–Crippen LogP) is 6.17. The summed E-state index contributed by atoms with van der Waals surface area (Å²) in [5.41, 5.74) is -7.61. The minimum Gasteiger partial charge on any atom is -0.496 e. The van der Waals surface area contributed by atoms with Crippen molar-refractivity contribution < 1.29 is 52.0 Å². The van der Waals surface area contributed by atoms with E-state index in [2.05, 4.69) is 0 Å². The number of hydrogen-bond donors (Lipinski definition) is 0. The zero-order valence-electron chi connectivity index (χ0n) is 31.2. The number of carbonyl (C=O) groups excluding carboxylic acids is 4. The largest absolute Gasteiger partial charge is 0.496 e. The minimum atomic E-state index is -1.64. The number of aryl methyl sites for hydroxylation is 1. The number of fused-ring (bicyclic) bond motifs is 8. The quantitative estimate of drug-likeness (QED) is 0.168. The molecular weight excluding hydrogens is 672 g/mol. The van der Waals surface area contributed by atoms with Gasteiger partial charge in [0, 0.05) is 16.9 Å². The molecule has 3 aliphatic heterocycles. The van der Waals surface area contributed by atoms with E-state index in [0.29, 0.717) is 29.4 Å². The molecule has 3 aromatic rings. The van der Waals surface area contributed by atoms with Gasteiger partial charge in [0.05, 0.1) is 28.9 Å². The Balaban J connectivity index is 1.34. The van der Waals surface area contributed by atoms with Crippen molar-refractivity contribution in [3.05, 3.63) is 45.6 Å². The van der Waals surface area contributed by atoms with E-state index in [4.69, 9.17) is 32.8 Å². The average molecular weight is 717 g/mol. The highest BCUT2D eigenvalue weighted by atomic mass is 16.7. The highest BCUT2D eigenvalue weighted by molar-refractivity contribution is 5.98. The Kier molecular flexibility index (Phi) is 6.68. The molecule has 4 bridgehead atoms. The van der Waals surface area contributed by atoms with Gasteiger partial charge in [-0.1, -0.05) is 39.8 Å². The molecule has 4 heterocycles. The van der Waals surface area contributed by atoms with Crippen molar-refractivity contribution in [1.82, 2.24) is 0 Å². The van der Waals surface area contributed by atoms with E-state index in [1.807, 2.05) is 27.7 Å². The van der Waals surface area contributed by atoms with Crippen LogP contribution in [0.5, 0.6) is 11.5 Å². The van der Waals surface area contributed by atoms with Crippen LogP contribution < -0.4 is 14.9 Å². The molecule has 4 unspecified atom stereocenters. The van der Waals surface area contributed by atoms with Crippen LogP contribution in [0.25, 0.3) is 21.9 Å². The monoisotopic (exact) mass is 716 g/mol. The average Bonchev–Trinajstić information content (AvgIpc) is 3.54. The van der Waals surface area contributed by atoms with Crippen molar-refractivity contribution in [3.63, 3.8) is 0 Å². The van der Waals surface area contributed by atoms with E-state index in [1.54, 1.807) is 52.8 Å². The van der Waals surface area contributed by atoms with Gasteiger partial charge in [0.1, 0.15) is 28.1 Å². The summed E-state index contributed by atoms with van der Waals surface area (Å²) < 4.78 is 43.5. The highest BCUT2D eigenvalue weighted by Crippen LogP contribution is 2.68. The second-order valence-corrected chi connectivity index (χ2v) is 17.3. The molecule has 5 aliphatic rings. The fourth-order valence-corrected chi connectivity index (χ4v) is 9.67. The summed E-state index contributed by atoms with van der Waals surface area (Å²) in [7, 11) is 1.42. The summed E-state index contributed by atoms with van der Waals surface area (Å²) in [6.07, 6.45) is -1.53. The lowest BCUT2D eigenvalue weighted by Gasteiger charge is -2.46. The number of benzene rings is 2. The van der Waals surface area contributed by atoms with E-state index < -0.39 is 74.5 Å². The molecule has 0 amide bonds. The molecule has 0 N–H and O–H groups in total. The third kappa shape index (κ3) is 3.75. The van der Waals surface area contributed by atoms with Gasteiger partial charge < -0.3 is 32.8 Å². The van der Waals surface area contributed by atoms with E-state index >= 15 is 0 Å². The van der Waals surface area contributed by atoms with Crippen molar-refractivity contribution in [3.8, 4) is 11.5 Å². The molecule has 1 aromatic heterocycles. The zero-order chi connectivity index (χ0) is 37.8. The molecule has 0 spiro atoms. The standard InChI is InChI=1S/C40H44O12/c1-19-12-11-13-20-25(41)23-21(46-10)18-22-24(27(23)47-26(19)20)28(48-32(44)39-16-14-37(8,30(42)51-39)35(39,4)5)29(34(2,3)50-22)49-33(45)40-17-15-38(9,31(43)52-40)36(40,6)7/h11-13,18,28-29H,14-17H2,1-10H3/t28-,29-,37?,38?,39?,40?/m1/s1. The lowest BCUT2D eigenvalue weighted by atomic mass is 9.66. The van der Waals surface area contributed by atoms with Crippen LogP contribution in [0.4, 0.5) is 0 Å². The first-order chi connectivity index (χ1) is 24.1. The summed E-state index contributed by atoms with van der Waals surface area (Å²) in [4.78, 5) is 69.9. The Hall–Kier alpha value is -4.61. The molecular formula is C40H44O12. The number of carbonyl (C=O) groups is 4. The van der Waals surface area contributed by atoms with E-state index in [-0.39, 0.29) is 46.3 Å². The minimum absolute atomic E-state index is 0.0196. The number of methoxy groups -OCH3 is 1. The van der Waals surface area contributed by atoms with Gasteiger partial charge in [-0.25, -0.2) is 9.59 Å². The molecule has 4 fully saturated rings. The topological polar surface area (TPSA) is 154 Å². The van der Waals surface area contributed by atoms with Crippen LogP contribution in [0.2, 0.25) is 0 Å². The fourth-order valence-electron chi connectivity index (χ4n) is 9.67. The summed E-state index contributed by atoms with van der Waals surface area (Å²) in [6, 6.07) is 6.74. The molecule has 276 valence electrons. The van der Waals surface area contributed by atoms with Crippen LogP contribution >= 0.6 is 0 Å². The summed E-state index contributed by atoms with van der Waals surface area (Å²) in [6.45, 7) is 16.0. The van der Waals surface area contributed by atoms with Gasteiger partial charge in [-0.15, -0.1) is 0 Å². The van der Waals surface area contributed by atoms with Gasteiger partial charge in [0.25, 0.3) is 0 Å². The maximum Gasteiger partial charge on any atom is 0.351 e. The van der Waals surface area contributed by atoms with Gasteiger partial charge in [0.15, 0.2) is 17.8 Å². The molecule has 12 heteroatoms. The smallest absolute Gasteiger partial charge is 0.351 e. The summed E-state index contributed by atoms with van der Waals surface area (Å²) >= 11 is 0. The Bertz CT molecular complexity index is 2230. The number of hydrogen-bond acceptors (Lipinski definition) is 12. The Morgan fingerprint density at radius 1 is 0.750 bits per heavy atom. The van der Waals surface area contributed by atoms with Crippen molar-refractivity contribution in [1.29, 1.82) is 0 Å². The lowest BCUT2D eigenvalue weighted by molar-refractivity contribution is -0.217. The number of rotatable bonds is 5. The molecule has 0 radical (unpaired) electrons. The van der Waals surface area contributed by atoms with E-state index in [1.165, 1.54) is 13.2 Å². The molecule has 8 rings (SSSR count). The third-order valence-electron chi connectivity index (χ3n) is 14.3. The van der Waals surface area contributed by atoms with Gasteiger partial charge in [-0.2, -0.15) is 0 Å². The first-order valence-corrected chi connectivity index (χ1v) is 17.8. The second kappa shape index (κ2) is 10.1. The predicted molar refractivity (Wildman–Crippen MR) is 185 cm³/mol. The molecule has 2 aliphatic carbocycles. The fraction of sp³-hybridized carbons (Fsp3) is 0.575. The molecule has 2 saturated heterocycles. The van der Waals surface area contributed by atoms with Gasteiger partial charge in [0.2, 0.25) is 16.6 Å². The van der Waals surface area contributed by atoms with E-state index in [9.17, 15) is 24.0 Å². The molecule has 52 heavy (non-hydrogen) atoms. The normalized spacial score (nSPS) is 34.4. The number of para-hydroxylation sites is 1. The first-order valence-electron chi connectivity index (χ1n) is 17.8. The van der Waals surface area contributed by atoms with Crippen molar-refractivity contribution in [2.24, 2.45) is 21.7 Å². The van der Waals surface area contributed by atoms with Crippen LogP contribution in [0, 0.1) is 28.6 Å². The molecule has 12 nitrogen and oxygen atoms in total. The van der Waals surface area contributed by atoms with Gasteiger partial charge >= 0.3 is 23.9 Å². The van der Waals surface area contributed by atoms with Crippen molar-refractivity contribution in [2.75, 3.05) is 7.11 Å². The van der Waals surface area contributed by atoms with Gasteiger partial charge in [-0.3, -0.25) is 14.4 Å². The Morgan fingerprint density at radius 2 is 1.31 bits per heavy atom. The second-order valence-electron chi connectivity index (χ2n) is 17.3. The Labute approximate surface area is 300 Å². The van der Waals surface area contributed by atoms with Gasteiger partial charge in [-0.05, 0) is 71.9 Å². The molecule has 2 saturated carbocycles. The first kappa shape index (κ1) is 34.5. The van der Waals surface area contributed by atoms with Crippen LogP contribution in [-0.2, 0) is 38.1 Å². The van der Waals surface area contributed by atoms with Crippen LogP contribution in [-0.4, -0.2) is 53.9 Å². The number of ether oxygens (including phenoxy) is 6. The van der Waals surface area contributed by atoms with Crippen LogP contribution in [0.1, 0.15) is 98.3 Å². The zero-order valence-corrected chi connectivity index (χ0v) is 31.2. The van der Waals surface area contributed by atoms with Crippen molar-refractivity contribution >= 4 is 45.8 Å². The maximum absolute atomic E-state index is 14.7. The third-order valence-corrected chi connectivity index (χ3v) is 14.3.